The van der Waals surface area contributed by atoms with Crippen LogP contribution in [-0.2, 0) is 19.7 Å². The van der Waals surface area contributed by atoms with Crippen LogP contribution in [0.2, 0.25) is 0 Å². The van der Waals surface area contributed by atoms with Crippen LogP contribution >= 0.6 is 0 Å². The van der Waals surface area contributed by atoms with Gasteiger partial charge in [-0.3, -0.25) is 9.59 Å². The fourth-order valence-electron chi connectivity index (χ4n) is 3.56. The van der Waals surface area contributed by atoms with Gasteiger partial charge < -0.3 is 14.8 Å². The Morgan fingerprint density at radius 2 is 1.74 bits per heavy atom. The van der Waals surface area contributed by atoms with Gasteiger partial charge in [0.25, 0.3) is 5.91 Å². The minimum Gasteiger partial charge on any atom is -0.495 e. The molecule has 0 aromatic heterocycles. The number of ether oxygens (including phenoxy) is 2. The average molecular weight is 371 g/mol. The first-order chi connectivity index (χ1) is 13.0. The number of methoxy groups -OCH3 is 1. The van der Waals surface area contributed by atoms with Gasteiger partial charge in [0.05, 0.1) is 18.2 Å². The lowest BCUT2D eigenvalue weighted by Gasteiger charge is -2.27. The van der Waals surface area contributed by atoms with E-state index in [9.17, 15) is 14.0 Å². The topological polar surface area (TPSA) is 64.6 Å². The Bertz CT molecular complexity index is 813. The fourth-order valence-corrected chi connectivity index (χ4v) is 3.56. The van der Waals surface area contributed by atoms with Gasteiger partial charge in [0.15, 0.2) is 6.61 Å². The number of amides is 1. The maximum atomic E-state index is 13.2. The Kier molecular flexibility index (Phi) is 5.74. The van der Waals surface area contributed by atoms with Crippen LogP contribution < -0.4 is 10.1 Å². The second-order valence-corrected chi connectivity index (χ2v) is 6.62. The fraction of sp³-hybridized carbons (Fsp3) is 0.333. The van der Waals surface area contributed by atoms with Crippen LogP contribution in [0.4, 0.5) is 10.1 Å². The van der Waals surface area contributed by atoms with Gasteiger partial charge in [0, 0.05) is 0 Å². The Balaban J connectivity index is 1.66. The molecule has 0 spiro atoms. The normalized spacial score (nSPS) is 15.2. The van der Waals surface area contributed by atoms with E-state index in [4.69, 9.17) is 9.47 Å². The van der Waals surface area contributed by atoms with Crippen molar-refractivity contribution in [2.75, 3.05) is 19.0 Å². The number of carbonyl (C=O) groups is 2. The van der Waals surface area contributed by atoms with Crippen molar-refractivity contribution in [2.24, 2.45) is 0 Å². The molecule has 2 aromatic carbocycles. The Hall–Kier alpha value is -2.89. The van der Waals surface area contributed by atoms with Crippen LogP contribution in [0.3, 0.4) is 0 Å². The molecule has 1 N–H and O–H groups in total. The number of benzene rings is 2. The van der Waals surface area contributed by atoms with Gasteiger partial charge in [-0.2, -0.15) is 0 Å². The third-order valence-electron chi connectivity index (χ3n) is 4.96. The van der Waals surface area contributed by atoms with Crippen LogP contribution in [0.15, 0.2) is 48.5 Å². The summed E-state index contributed by atoms with van der Waals surface area (Å²) in [5, 5.41) is 2.68. The number of para-hydroxylation sites is 2. The van der Waals surface area contributed by atoms with E-state index >= 15 is 0 Å². The predicted octanol–water partition coefficient (Wildman–Crippen LogP) is 3.83. The summed E-state index contributed by atoms with van der Waals surface area (Å²) >= 11 is 0. The number of hydrogen-bond acceptors (Lipinski definition) is 4. The molecular formula is C21H22FNO4. The molecule has 1 aliphatic carbocycles. The number of nitrogens with one attached hydrogen (secondary N) is 1. The van der Waals surface area contributed by atoms with Gasteiger partial charge in [0.1, 0.15) is 11.6 Å². The third kappa shape index (κ3) is 4.10. The van der Waals surface area contributed by atoms with Crippen molar-refractivity contribution in [3.8, 4) is 5.75 Å². The first-order valence-electron chi connectivity index (χ1n) is 8.91. The van der Waals surface area contributed by atoms with Crippen LogP contribution in [0.25, 0.3) is 0 Å². The van der Waals surface area contributed by atoms with Crippen molar-refractivity contribution in [3.63, 3.8) is 0 Å². The molecule has 0 atom stereocenters. The summed E-state index contributed by atoms with van der Waals surface area (Å²) in [5.41, 5.74) is 0.435. The van der Waals surface area contributed by atoms with E-state index in [2.05, 4.69) is 5.32 Å². The van der Waals surface area contributed by atoms with E-state index in [1.54, 1.807) is 36.4 Å². The lowest BCUT2D eigenvalue weighted by Crippen LogP contribution is -2.36. The quantitative estimate of drug-likeness (QED) is 0.784. The maximum absolute atomic E-state index is 13.2. The molecule has 3 rings (SSSR count). The number of halogens is 1. The summed E-state index contributed by atoms with van der Waals surface area (Å²) in [6, 6.07) is 12.9. The second-order valence-electron chi connectivity index (χ2n) is 6.62. The average Bonchev–Trinajstić information content (AvgIpc) is 3.18. The summed E-state index contributed by atoms with van der Waals surface area (Å²) < 4.78 is 23.8. The molecule has 142 valence electrons. The molecule has 5 nitrogen and oxygen atoms in total. The monoisotopic (exact) mass is 371 g/mol. The van der Waals surface area contributed by atoms with Gasteiger partial charge in [-0.1, -0.05) is 37.1 Å². The third-order valence-corrected chi connectivity index (χ3v) is 4.96. The van der Waals surface area contributed by atoms with Crippen molar-refractivity contribution in [2.45, 2.75) is 31.1 Å². The molecule has 1 saturated carbocycles. The van der Waals surface area contributed by atoms with Crippen molar-refractivity contribution in [1.29, 1.82) is 0 Å². The van der Waals surface area contributed by atoms with E-state index in [0.29, 0.717) is 24.3 Å². The van der Waals surface area contributed by atoms with Crippen molar-refractivity contribution < 1.29 is 23.5 Å². The molecule has 0 radical (unpaired) electrons. The molecule has 1 aliphatic rings. The van der Waals surface area contributed by atoms with E-state index in [1.807, 2.05) is 0 Å². The lowest BCUT2D eigenvalue weighted by molar-refractivity contribution is -0.153. The van der Waals surface area contributed by atoms with E-state index in [1.165, 1.54) is 19.2 Å². The van der Waals surface area contributed by atoms with E-state index < -0.39 is 17.3 Å². The maximum Gasteiger partial charge on any atom is 0.317 e. The van der Waals surface area contributed by atoms with Gasteiger partial charge in [-0.25, -0.2) is 4.39 Å². The molecule has 0 unspecified atom stereocenters. The van der Waals surface area contributed by atoms with Crippen LogP contribution in [0.5, 0.6) is 5.75 Å². The minimum atomic E-state index is -0.807. The van der Waals surface area contributed by atoms with Crippen LogP contribution in [-0.4, -0.2) is 25.6 Å². The van der Waals surface area contributed by atoms with Crippen molar-refractivity contribution in [1.82, 2.24) is 0 Å². The molecule has 6 heteroatoms. The highest BCUT2D eigenvalue weighted by atomic mass is 19.1. The lowest BCUT2D eigenvalue weighted by atomic mass is 9.79. The SMILES string of the molecule is COc1ccccc1NC(=O)COC(=O)C1(c2ccc(F)cc2)CCCC1. The Labute approximate surface area is 157 Å². The molecule has 0 bridgehead atoms. The number of carbonyl (C=O) groups excluding carboxylic acids is 2. The summed E-state index contributed by atoms with van der Waals surface area (Å²) in [6.07, 6.45) is 3.04. The molecular weight excluding hydrogens is 349 g/mol. The van der Waals surface area contributed by atoms with Crippen molar-refractivity contribution >= 4 is 17.6 Å². The van der Waals surface area contributed by atoms with Gasteiger partial charge in [-0.05, 0) is 42.7 Å². The molecule has 0 heterocycles. The van der Waals surface area contributed by atoms with Gasteiger partial charge >= 0.3 is 5.97 Å². The highest BCUT2D eigenvalue weighted by molar-refractivity contribution is 5.95. The molecule has 27 heavy (non-hydrogen) atoms. The molecule has 0 aliphatic heterocycles. The summed E-state index contributed by atoms with van der Waals surface area (Å²) in [7, 11) is 1.51. The first kappa shape index (κ1) is 18.9. The summed E-state index contributed by atoms with van der Waals surface area (Å²) in [5.74, 6) is -0.714. The standard InChI is InChI=1S/C21H22FNO4/c1-26-18-7-3-2-6-17(18)23-19(24)14-27-20(25)21(12-4-5-13-21)15-8-10-16(22)11-9-15/h2-3,6-11H,4-5,12-14H2,1H3,(H,23,24). The summed E-state index contributed by atoms with van der Waals surface area (Å²) in [4.78, 5) is 25.0. The van der Waals surface area contributed by atoms with Gasteiger partial charge in [-0.15, -0.1) is 0 Å². The number of esters is 1. The predicted molar refractivity (Wildman–Crippen MR) is 99.1 cm³/mol. The molecule has 0 saturated heterocycles. The first-order valence-corrected chi connectivity index (χ1v) is 8.91. The van der Waals surface area contributed by atoms with E-state index in [0.717, 1.165) is 18.4 Å². The number of anilines is 1. The van der Waals surface area contributed by atoms with Crippen molar-refractivity contribution in [3.05, 3.63) is 59.9 Å². The second kappa shape index (κ2) is 8.20. The largest absolute Gasteiger partial charge is 0.495 e. The molecule has 1 amide bonds. The summed E-state index contributed by atoms with van der Waals surface area (Å²) in [6.45, 7) is -0.389. The molecule has 1 fully saturated rings. The zero-order valence-corrected chi connectivity index (χ0v) is 15.2. The highest BCUT2D eigenvalue weighted by Gasteiger charge is 2.44. The number of hydrogen-bond donors (Lipinski definition) is 1. The molecule has 2 aromatic rings. The van der Waals surface area contributed by atoms with E-state index in [-0.39, 0.29) is 12.4 Å². The smallest absolute Gasteiger partial charge is 0.317 e. The van der Waals surface area contributed by atoms with Gasteiger partial charge in [0.2, 0.25) is 0 Å². The Morgan fingerprint density at radius 1 is 1.07 bits per heavy atom. The minimum absolute atomic E-state index is 0.351. The highest BCUT2D eigenvalue weighted by Crippen LogP contribution is 2.42. The van der Waals surface area contributed by atoms with Crippen LogP contribution in [0, 0.1) is 5.82 Å². The zero-order chi connectivity index (χ0) is 19.3. The van der Waals surface area contributed by atoms with Crippen LogP contribution in [0.1, 0.15) is 31.2 Å². The Morgan fingerprint density at radius 3 is 2.41 bits per heavy atom. The number of rotatable bonds is 6. The zero-order valence-electron chi connectivity index (χ0n) is 15.2.